The van der Waals surface area contributed by atoms with Gasteiger partial charge in [0.1, 0.15) is 0 Å². The van der Waals surface area contributed by atoms with Crippen LogP contribution < -0.4 is 0 Å². The number of carbonyl (C=O) groups is 3. The van der Waals surface area contributed by atoms with Crippen LogP contribution in [0.4, 0.5) is 0 Å². The molecule has 1 saturated heterocycles. The van der Waals surface area contributed by atoms with E-state index in [9.17, 15) is 24.6 Å². The number of imide groups is 1. The largest absolute Gasteiger partial charge is 0.478 e. The van der Waals surface area contributed by atoms with Crippen LogP contribution in [0.5, 0.6) is 0 Å². The van der Waals surface area contributed by atoms with Crippen LogP contribution in [0.2, 0.25) is 0 Å². The average molecular weight is 672 g/mol. The Hall–Kier alpha value is -5.06. The van der Waals surface area contributed by atoms with Crippen LogP contribution >= 0.6 is 11.8 Å². The molecule has 246 valence electrons. The average Bonchev–Trinajstić information content (AvgIpc) is 3.39. The van der Waals surface area contributed by atoms with Gasteiger partial charge in [0.25, 0.3) is 11.8 Å². The van der Waals surface area contributed by atoms with Crippen molar-refractivity contribution in [1.82, 2.24) is 4.90 Å². The molecule has 2 heterocycles. The summed E-state index contributed by atoms with van der Waals surface area (Å²) in [5.74, 6) is -0.897. The van der Waals surface area contributed by atoms with Gasteiger partial charge in [0.2, 0.25) is 0 Å². The van der Waals surface area contributed by atoms with E-state index in [1.54, 1.807) is 48.2 Å². The topological polar surface area (TPSA) is 113 Å². The number of fused-ring (bicyclic) bond motifs is 1. The van der Waals surface area contributed by atoms with Gasteiger partial charge in [-0.2, -0.15) is 0 Å². The molecular formula is C40H33NO7S. The number of thioether (sulfide) groups is 1. The zero-order valence-corrected chi connectivity index (χ0v) is 27.2. The summed E-state index contributed by atoms with van der Waals surface area (Å²) in [6.07, 6.45) is -0.456. The number of aliphatic hydroxyl groups is 1. The first-order chi connectivity index (χ1) is 23.9. The lowest BCUT2D eigenvalue weighted by atomic mass is 9.99. The Kier molecular flexibility index (Phi) is 9.41. The number of amides is 2. The normalized spacial score (nSPS) is 18.8. The molecule has 9 heteroatoms. The first-order valence-corrected chi connectivity index (χ1v) is 17.0. The molecular weight excluding hydrogens is 639 g/mol. The Bertz CT molecular complexity index is 1980. The molecule has 0 aromatic heterocycles. The lowest BCUT2D eigenvalue weighted by Gasteiger charge is -2.36. The van der Waals surface area contributed by atoms with Crippen LogP contribution in [-0.4, -0.2) is 44.8 Å². The molecule has 0 unspecified atom stereocenters. The molecule has 5 aromatic rings. The van der Waals surface area contributed by atoms with E-state index in [1.165, 1.54) is 4.90 Å². The Morgan fingerprint density at radius 1 is 0.735 bits per heavy atom. The molecule has 0 bridgehead atoms. The van der Waals surface area contributed by atoms with Gasteiger partial charge in [0, 0.05) is 22.6 Å². The molecule has 49 heavy (non-hydrogen) atoms. The maximum absolute atomic E-state index is 13.0. The Morgan fingerprint density at radius 2 is 1.41 bits per heavy atom. The fourth-order valence-electron chi connectivity index (χ4n) is 6.19. The number of hydrogen-bond donors (Lipinski definition) is 2. The number of nitrogens with zero attached hydrogens (tertiary/aromatic N) is 1. The SMILES string of the molecule is O=C(O)c1ccc(SC[C@@H]2C[C@H](c3ccc(CO)cc3)O[C@H](c3cccc(-c4cccc(CN5C(=O)c6ccccc6C5=O)c4)c3)O2)cc1. The highest BCUT2D eigenvalue weighted by Gasteiger charge is 2.35. The summed E-state index contributed by atoms with van der Waals surface area (Å²) >= 11 is 1.60. The number of carbonyl (C=O) groups excluding carboxylic acids is 2. The van der Waals surface area contributed by atoms with Gasteiger partial charge in [-0.1, -0.05) is 72.8 Å². The van der Waals surface area contributed by atoms with Crippen molar-refractivity contribution in [2.75, 3.05) is 5.75 Å². The summed E-state index contributed by atoms with van der Waals surface area (Å²) in [6.45, 7) is 0.133. The van der Waals surface area contributed by atoms with Gasteiger partial charge in [-0.05, 0) is 76.3 Å². The predicted molar refractivity (Wildman–Crippen MR) is 185 cm³/mol. The molecule has 0 radical (unpaired) electrons. The highest BCUT2D eigenvalue weighted by Crippen LogP contribution is 2.40. The van der Waals surface area contributed by atoms with E-state index in [4.69, 9.17) is 9.47 Å². The molecule has 7 rings (SSSR count). The standard InChI is InChI=1S/C40H33NO7S/c42-23-25-11-13-27(14-12-25)36-21-32(24-49-33-17-15-28(16-18-33)39(45)46)47-40(48-36)31-8-4-7-30(20-31)29-6-3-5-26(19-29)22-41-37(43)34-9-1-2-10-35(34)38(41)44/h1-20,32,36,40,42H,21-24H2,(H,45,46)/t32-,36+,40+/m0/s1. The van der Waals surface area contributed by atoms with Gasteiger partial charge in [0.15, 0.2) is 6.29 Å². The summed E-state index contributed by atoms with van der Waals surface area (Å²) in [5.41, 5.74) is 6.46. The van der Waals surface area contributed by atoms with Crippen molar-refractivity contribution in [3.63, 3.8) is 0 Å². The van der Waals surface area contributed by atoms with Crippen LogP contribution in [0.1, 0.15) is 72.1 Å². The zero-order chi connectivity index (χ0) is 33.9. The van der Waals surface area contributed by atoms with Gasteiger partial charge in [-0.25, -0.2) is 4.79 Å². The van der Waals surface area contributed by atoms with Crippen LogP contribution in [0, 0.1) is 0 Å². The second-order valence-electron chi connectivity index (χ2n) is 12.1. The number of ether oxygens (including phenoxy) is 2. The van der Waals surface area contributed by atoms with Crippen molar-refractivity contribution < 1.29 is 34.1 Å². The van der Waals surface area contributed by atoms with Crippen molar-refractivity contribution in [3.8, 4) is 11.1 Å². The van der Waals surface area contributed by atoms with Gasteiger partial charge < -0.3 is 19.7 Å². The molecule has 0 aliphatic carbocycles. The van der Waals surface area contributed by atoms with E-state index in [2.05, 4.69) is 0 Å². The monoisotopic (exact) mass is 671 g/mol. The van der Waals surface area contributed by atoms with Gasteiger partial charge >= 0.3 is 5.97 Å². The molecule has 2 aliphatic heterocycles. The highest BCUT2D eigenvalue weighted by molar-refractivity contribution is 7.99. The summed E-state index contributed by atoms with van der Waals surface area (Å²) < 4.78 is 13.1. The molecule has 2 N–H and O–H groups in total. The Balaban J connectivity index is 1.11. The second kappa shape index (κ2) is 14.2. The molecule has 0 saturated carbocycles. The first-order valence-electron chi connectivity index (χ1n) is 16.0. The number of carboxylic acid groups (broad SMARTS) is 1. The number of aromatic carboxylic acids is 1. The van der Waals surface area contributed by atoms with E-state index in [1.807, 2.05) is 84.9 Å². The number of aliphatic hydroxyl groups excluding tert-OH is 1. The van der Waals surface area contributed by atoms with Crippen molar-refractivity contribution in [1.29, 1.82) is 0 Å². The van der Waals surface area contributed by atoms with Crippen LogP contribution in [-0.2, 0) is 22.6 Å². The van der Waals surface area contributed by atoms with Crippen LogP contribution in [0.3, 0.4) is 0 Å². The third-order valence-electron chi connectivity index (χ3n) is 8.79. The highest BCUT2D eigenvalue weighted by atomic mass is 32.2. The fourth-order valence-corrected chi connectivity index (χ4v) is 7.11. The molecule has 0 spiro atoms. The minimum atomic E-state index is -0.959. The third-order valence-corrected chi connectivity index (χ3v) is 9.93. The van der Waals surface area contributed by atoms with Gasteiger partial charge in [0.05, 0.1) is 42.0 Å². The summed E-state index contributed by atoms with van der Waals surface area (Å²) in [6, 6.07) is 37.3. The van der Waals surface area contributed by atoms with E-state index in [-0.39, 0.29) is 42.7 Å². The lowest BCUT2D eigenvalue weighted by Crippen LogP contribution is -2.31. The first kappa shape index (κ1) is 32.5. The number of benzene rings is 5. The molecule has 1 fully saturated rings. The quantitative estimate of drug-likeness (QED) is 0.115. The molecule has 3 atom stereocenters. The minimum Gasteiger partial charge on any atom is -0.478 e. The van der Waals surface area contributed by atoms with Gasteiger partial charge in [-0.3, -0.25) is 14.5 Å². The summed E-state index contributed by atoms with van der Waals surface area (Å²) in [5, 5.41) is 18.8. The number of rotatable bonds is 10. The van der Waals surface area contributed by atoms with Crippen molar-refractivity contribution >= 4 is 29.5 Å². The van der Waals surface area contributed by atoms with Crippen LogP contribution in [0.25, 0.3) is 11.1 Å². The van der Waals surface area contributed by atoms with Crippen molar-refractivity contribution in [2.24, 2.45) is 0 Å². The Morgan fingerprint density at radius 3 is 2.08 bits per heavy atom. The van der Waals surface area contributed by atoms with E-state index in [0.29, 0.717) is 23.3 Å². The number of carboxylic acids is 1. The van der Waals surface area contributed by atoms with E-state index >= 15 is 0 Å². The minimum absolute atomic E-state index is 0.0379. The smallest absolute Gasteiger partial charge is 0.335 e. The predicted octanol–water partition coefficient (Wildman–Crippen LogP) is 7.68. The summed E-state index contributed by atoms with van der Waals surface area (Å²) in [4.78, 5) is 39.5. The van der Waals surface area contributed by atoms with Crippen molar-refractivity contribution in [2.45, 2.75) is 43.0 Å². The Labute approximate surface area is 287 Å². The maximum atomic E-state index is 13.0. The molecule has 2 amide bonds. The lowest BCUT2D eigenvalue weighted by molar-refractivity contribution is -0.245. The van der Waals surface area contributed by atoms with Crippen LogP contribution in [0.15, 0.2) is 126 Å². The van der Waals surface area contributed by atoms with Gasteiger partial charge in [-0.15, -0.1) is 11.8 Å². The molecule has 5 aromatic carbocycles. The number of hydrogen-bond acceptors (Lipinski definition) is 7. The molecule has 2 aliphatic rings. The molecule has 8 nitrogen and oxygen atoms in total. The second-order valence-corrected chi connectivity index (χ2v) is 13.2. The summed E-state index contributed by atoms with van der Waals surface area (Å²) in [7, 11) is 0. The third kappa shape index (κ3) is 7.06. The van der Waals surface area contributed by atoms with Crippen molar-refractivity contribution in [3.05, 3.63) is 160 Å². The van der Waals surface area contributed by atoms with E-state index in [0.717, 1.165) is 38.3 Å². The van der Waals surface area contributed by atoms with E-state index < -0.39 is 12.3 Å². The zero-order valence-electron chi connectivity index (χ0n) is 26.4. The maximum Gasteiger partial charge on any atom is 0.335 e. The fraction of sp³-hybridized carbons (Fsp3) is 0.175.